The van der Waals surface area contributed by atoms with E-state index in [9.17, 15) is 13.2 Å². The molecule has 6 nitrogen and oxygen atoms in total. The van der Waals surface area contributed by atoms with Crippen LogP contribution in [0.4, 0.5) is 0 Å². The summed E-state index contributed by atoms with van der Waals surface area (Å²) in [6, 6.07) is 11.8. The van der Waals surface area contributed by atoms with Gasteiger partial charge in [0.15, 0.2) is 0 Å². The number of amides is 1. The Kier molecular flexibility index (Phi) is 6.88. The average molecular weight is 488 g/mol. The number of piperidine rings is 2. The molecule has 2 aromatic rings. The first-order valence-electron chi connectivity index (χ1n) is 12.3. The molecule has 8 heteroatoms. The van der Waals surface area contributed by atoms with Gasteiger partial charge in [0, 0.05) is 42.7 Å². The van der Waals surface area contributed by atoms with Crippen LogP contribution in [0, 0.1) is 0 Å². The number of sulfonamides is 1. The van der Waals surface area contributed by atoms with E-state index >= 15 is 0 Å². The number of rotatable bonds is 5. The molecule has 33 heavy (non-hydrogen) atoms. The maximum Gasteiger partial charge on any atom is 0.253 e. The first kappa shape index (κ1) is 23.0. The zero-order chi connectivity index (χ0) is 22.8. The van der Waals surface area contributed by atoms with Crippen LogP contribution in [0.1, 0.15) is 55.3 Å². The van der Waals surface area contributed by atoms with Crippen LogP contribution in [0.3, 0.4) is 0 Å². The van der Waals surface area contributed by atoms with Crippen LogP contribution in [0.2, 0.25) is 0 Å². The molecule has 5 rings (SSSR count). The summed E-state index contributed by atoms with van der Waals surface area (Å²) in [5.74, 6) is 0.0992. The summed E-state index contributed by atoms with van der Waals surface area (Å²) < 4.78 is 27.6. The molecule has 3 fully saturated rings. The number of carbonyl (C=O) groups excluding carboxylic acids is 1. The van der Waals surface area contributed by atoms with Crippen molar-refractivity contribution in [3.8, 4) is 10.4 Å². The fourth-order valence-electron chi connectivity index (χ4n) is 5.35. The smallest absolute Gasteiger partial charge is 0.253 e. The molecule has 3 saturated heterocycles. The highest BCUT2D eigenvalue weighted by Crippen LogP contribution is 2.33. The van der Waals surface area contributed by atoms with Gasteiger partial charge in [0.25, 0.3) is 15.9 Å². The largest absolute Gasteiger partial charge is 0.339 e. The number of hydrogen-bond acceptors (Lipinski definition) is 5. The molecule has 1 aromatic carbocycles. The number of nitrogens with zero attached hydrogens (tertiary/aromatic N) is 3. The average Bonchev–Trinajstić information content (AvgIpc) is 3.58. The Morgan fingerprint density at radius 2 is 1.42 bits per heavy atom. The summed E-state index contributed by atoms with van der Waals surface area (Å²) in [6.45, 7) is 5.30. The maximum absolute atomic E-state index is 13.0. The Hall–Kier alpha value is -1.74. The van der Waals surface area contributed by atoms with Gasteiger partial charge < -0.3 is 9.80 Å². The van der Waals surface area contributed by atoms with Crippen LogP contribution >= 0.6 is 11.3 Å². The number of hydrogen-bond donors (Lipinski definition) is 0. The van der Waals surface area contributed by atoms with Crippen LogP contribution in [-0.2, 0) is 10.0 Å². The molecule has 0 unspecified atom stereocenters. The molecular formula is C25H33N3O3S2. The molecular weight excluding hydrogens is 454 g/mol. The Morgan fingerprint density at radius 3 is 2.09 bits per heavy atom. The predicted octanol–water partition coefficient (Wildman–Crippen LogP) is 4.29. The van der Waals surface area contributed by atoms with Crippen molar-refractivity contribution in [2.75, 3.05) is 39.3 Å². The lowest BCUT2D eigenvalue weighted by molar-refractivity contribution is 0.0590. The van der Waals surface area contributed by atoms with Gasteiger partial charge in [-0.1, -0.05) is 18.6 Å². The summed E-state index contributed by atoms with van der Waals surface area (Å²) in [6.07, 6.45) is 7.96. The minimum Gasteiger partial charge on any atom is -0.339 e. The number of thiophene rings is 1. The molecule has 0 aliphatic carbocycles. The number of benzene rings is 1. The summed E-state index contributed by atoms with van der Waals surface area (Å²) in [5, 5.41) is 0. The highest BCUT2D eigenvalue weighted by atomic mass is 32.2. The Bertz CT molecular complexity index is 1060. The summed E-state index contributed by atoms with van der Waals surface area (Å²) >= 11 is 1.31. The van der Waals surface area contributed by atoms with Crippen molar-refractivity contribution < 1.29 is 13.2 Å². The molecule has 178 valence electrons. The summed E-state index contributed by atoms with van der Waals surface area (Å²) in [4.78, 5) is 18.6. The van der Waals surface area contributed by atoms with E-state index in [2.05, 4.69) is 4.90 Å². The molecule has 4 heterocycles. The molecule has 0 spiro atoms. The van der Waals surface area contributed by atoms with Crippen LogP contribution in [0.15, 0.2) is 40.6 Å². The van der Waals surface area contributed by atoms with E-state index in [1.54, 1.807) is 10.4 Å². The monoisotopic (exact) mass is 487 g/mol. The van der Waals surface area contributed by atoms with Gasteiger partial charge >= 0.3 is 0 Å². The quantitative estimate of drug-likeness (QED) is 0.631. The molecule has 0 saturated carbocycles. The lowest BCUT2D eigenvalue weighted by Crippen LogP contribution is -2.48. The van der Waals surface area contributed by atoms with E-state index in [1.165, 1.54) is 43.7 Å². The fourth-order valence-corrected chi connectivity index (χ4v) is 8.33. The SMILES string of the molecule is O=C(c1ccc(-c2ccc(S(=O)(=O)N3CCCC3)s2)cc1)N1CCC(N2CCCCC2)CC1. The second-order valence-corrected chi connectivity index (χ2v) is 12.7. The molecule has 1 amide bonds. The predicted molar refractivity (Wildman–Crippen MR) is 132 cm³/mol. The van der Waals surface area contributed by atoms with Gasteiger partial charge in [-0.15, -0.1) is 11.3 Å². The molecule has 0 radical (unpaired) electrons. The zero-order valence-corrected chi connectivity index (χ0v) is 20.7. The minimum absolute atomic E-state index is 0.0992. The van der Waals surface area contributed by atoms with Crippen LogP contribution in [-0.4, -0.2) is 73.7 Å². The first-order valence-corrected chi connectivity index (χ1v) is 14.5. The van der Waals surface area contributed by atoms with Crippen molar-refractivity contribution in [3.63, 3.8) is 0 Å². The van der Waals surface area contributed by atoms with Crippen molar-refractivity contribution in [1.82, 2.24) is 14.1 Å². The van der Waals surface area contributed by atoms with Crippen molar-refractivity contribution in [3.05, 3.63) is 42.0 Å². The van der Waals surface area contributed by atoms with E-state index in [1.807, 2.05) is 35.2 Å². The Morgan fingerprint density at radius 1 is 0.788 bits per heavy atom. The molecule has 0 atom stereocenters. The number of likely N-dealkylation sites (tertiary alicyclic amines) is 2. The van der Waals surface area contributed by atoms with Gasteiger partial charge in [0.05, 0.1) is 0 Å². The van der Waals surface area contributed by atoms with Crippen molar-refractivity contribution in [2.45, 2.75) is 55.2 Å². The minimum atomic E-state index is -3.39. The summed E-state index contributed by atoms with van der Waals surface area (Å²) in [5.41, 5.74) is 1.65. The second kappa shape index (κ2) is 9.86. The van der Waals surface area contributed by atoms with Gasteiger partial charge in [-0.05, 0) is 81.4 Å². The van der Waals surface area contributed by atoms with Crippen LogP contribution < -0.4 is 0 Å². The van der Waals surface area contributed by atoms with Crippen LogP contribution in [0.5, 0.6) is 0 Å². The topological polar surface area (TPSA) is 60.9 Å². The Labute approximate surface area is 201 Å². The first-order chi connectivity index (χ1) is 16.0. The molecule has 3 aliphatic rings. The highest BCUT2D eigenvalue weighted by molar-refractivity contribution is 7.91. The van der Waals surface area contributed by atoms with Crippen LogP contribution in [0.25, 0.3) is 10.4 Å². The molecule has 0 bridgehead atoms. The lowest BCUT2D eigenvalue weighted by atomic mass is 9.99. The third-order valence-corrected chi connectivity index (χ3v) is 10.8. The van der Waals surface area contributed by atoms with Crippen molar-refractivity contribution in [2.24, 2.45) is 0 Å². The highest BCUT2D eigenvalue weighted by Gasteiger charge is 2.29. The van der Waals surface area contributed by atoms with Gasteiger partial charge in [-0.2, -0.15) is 4.31 Å². The van der Waals surface area contributed by atoms with Crippen molar-refractivity contribution >= 4 is 27.3 Å². The standard InChI is InChI=1S/C25H33N3O3S2/c29-25(27-18-12-22(13-19-27)26-14-2-1-3-15-26)21-8-6-20(7-9-21)23-10-11-24(32-23)33(30,31)28-16-4-5-17-28/h6-11,22H,1-5,12-19H2. The molecule has 1 aromatic heterocycles. The van der Waals surface area contributed by atoms with E-state index in [0.717, 1.165) is 49.2 Å². The molecule has 0 N–H and O–H groups in total. The number of carbonyl (C=O) groups is 1. The third kappa shape index (κ3) is 4.90. The van der Waals surface area contributed by atoms with Crippen molar-refractivity contribution in [1.29, 1.82) is 0 Å². The van der Waals surface area contributed by atoms with E-state index in [4.69, 9.17) is 0 Å². The lowest BCUT2D eigenvalue weighted by Gasteiger charge is -2.40. The Balaban J connectivity index is 1.21. The zero-order valence-electron chi connectivity index (χ0n) is 19.1. The third-order valence-electron chi connectivity index (χ3n) is 7.32. The van der Waals surface area contributed by atoms with E-state index < -0.39 is 10.0 Å². The van der Waals surface area contributed by atoms with E-state index in [0.29, 0.717) is 28.9 Å². The molecule has 3 aliphatic heterocycles. The second-order valence-electron chi connectivity index (χ2n) is 9.43. The van der Waals surface area contributed by atoms with E-state index in [-0.39, 0.29) is 5.91 Å². The van der Waals surface area contributed by atoms with Gasteiger partial charge in [0.1, 0.15) is 4.21 Å². The summed E-state index contributed by atoms with van der Waals surface area (Å²) in [7, 11) is -3.39. The van der Waals surface area contributed by atoms with Gasteiger partial charge in [-0.25, -0.2) is 8.42 Å². The maximum atomic E-state index is 13.0. The van der Waals surface area contributed by atoms with Gasteiger partial charge in [-0.3, -0.25) is 4.79 Å². The van der Waals surface area contributed by atoms with Gasteiger partial charge in [0.2, 0.25) is 0 Å². The fraction of sp³-hybridized carbons (Fsp3) is 0.560. The normalized spacial score (nSPS) is 21.5.